The highest BCUT2D eigenvalue weighted by molar-refractivity contribution is 6.07. The van der Waals surface area contributed by atoms with Crippen molar-refractivity contribution in [3.63, 3.8) is 0 Å². The van der Waals surface area contributed by atoms with Crippen molar-refractivity contribution >= 4 is 35.3 Å². The second-order valence-electron chi connectivity index (χ2n) is 6.22. The summed E-state index contributed by atoms with van der Waals surface area (Å²) in [6.07, 6.45) is 3.46. The summed E-state index contributed by atoms with van der Waals surface area (Å²) in [5.74, 6) is -0.0541. The first-order valence-corrected chi connectivity index (χ1v) is 8.07. The number of halogens is 1. The van der Waals surface area contributed by atoms with Gasteiger partial charge in [-0.15, -0.1) is 12.4 Å². The Morgan fingerprint density at radius 3 is 2.88 bits per heavy atom. The Morgan fingerprint density at radius 2 is 2.08 bits per heavy atom. The van der Waals surface area contributed by atoms with E-state index in [0.717, 1.165) is 46.8 Å². The first-order valence-electron chi connectivity index (χ1n) is 8.07. The molecule has 0 bridgehead atoms. The van der Waals surface area contributed by atoms with Crippen LogP contribution in [0.25, 0.3) is 5.65 Å². The number of aryl methyl sites for hydroxylation is 2. The maximum Gasteiger partial charge on any atom is 0.261 e. The van der Waals surface area contributed by atoms with Gasteiger partial charge in [0.25, 0.3) is 5.91 Å². The standard InChI is InChI=1S/C18H19N5O.ClH/c1-11-9-17-20-10-14(12(2)23(17)21-11)18(24)22-8-4-5-13-15(19)6-3-7-16(13)22;/h3,6-7,9-10H,4-5,8,19H2,1-2H3;1H. The van der Waals surface area contributed by atoms with Gasteiger partial charge in [-0.2, -0.15) is 5.10 Å². The molecule has 1 amide bonds. The molecule has 0 atom stereocenters. The number of nitrogens with zero attached hydrogens (tertiary/aromatic N) is 4. The van der Waals surface area contributed by atoms with Crippen molar-refractivity contribution in [2.75, 3.05) is 17.2 Å². The van der Waals surface area contributed by atoms with E-state index in [0.29, 0.717) is 12.1 Å². The minimum absolute atomic E-state index is 0. The Balaban J connectivity index is 0.00000182. The fourth-order valence-electron chi connectivity index (χ4n) is 3.38. The molecule has 0 radical (unpaired) electrons. The fraction of sp³-hybridized carbons (Fsp3) is 0.278. The predicted molar refractivity (Wildman–Crippen MR) is 101 cm³/mol. The van der Waals surface area contributed by atoms with Crippen LogP contribution in [0.1, 0.15) is 33.7 Å². The molecule has 0 unspecified atom stereocenters. The minimum Gasteiger partial charge on any atom is -0.398 e. The van der Waals surface area contributed by atoms with Crippen molar-refractivity contribution in [2.24, 2.45) is 0 Å². The summed E-state index contributed by atoms with van der Waals surface area (Å²) in [4.78, 5) is 19.3. The molecular weight excluding hydrogens is 338 g/mol. The molecule has 0 saturated heterocycles. The van der Waals surface area contributed by atoms with Crippen LogP contribution in [-0.2, 0) is 6.42 Å². The van der Waals surface area contributed by atoms with Crippen LogP contribution in [0.4, 0.5) is 11.4 Å². The molecule has 2 aromatic heterocycles. The Bertz CT molecular complexity index is 965. The van der Waals surface area contributed by atoms with Gasteiger partial charge < -0.3 is 10.6 Å². The van der Waals surface area contributed by atoms with E-state index in [1.54, 1.807) is 15.6 Å². The minimum atomic E-state index is -0.0541. The van der Waals surface area contributed by atoms with E-state index in [9.17, 15) is 4.79 Å². The highest BCUT2D eigenvalue weighted by Gasteiger charge is 2.26. The molecule has 1 aliphatic rings. The number of hydrogen-bond acceptors (Lipinski definition) is 4. The zero-order chi connectivity index (χ0) is 16.8. The Hall–Kier alpha value is -2.60. The normalized spacial score (nSPS) is 13.4. The fourth-order valence-corrected chi connectivity index (χ4v) is 3.38. The molecule has 4 rings (SSSR count). The van der Waals surface area contributed by atoms with Crippen LogP contribution in [0.3, 0.4) is 0 Å². The molecule has 3 aromatic rings. The van der Waals surface area contributed by atoms with Crippen LogP contribution in [0.2, 0.25) is 0 Å². The van der Waals surface area contributed by atoms with Crippen LogP contribution in [0, 0.1) is 13.8 Å². The van der Waals surface area contributed by atoms with Gasteiger partial charge in [-0.1, -0.05) is 6.07 Å². The maximum absolute atomic E-state index is 13.1. The van der Waals surface area contributed by atoms with E-state index in [1.165, 1.54) is 0 Å². The van der Waals surface area contributed by atoms with Gasteiger partial charge in [0.15, 0.2) is 5.65 Å². The molecular formula is C18H20ClN5O. The molecule has 1 aliphatic heterocycles. The van der Waals surface area contributed by atoms with Gasteiger partial charge in [-0.3, -0.25) is 4.79 Å². The molecule has 1 aromatic carbocycles. The first kappa shape index (κ1) is 17.2. The van der Waals surface area contributed by atoms with Crippen molar-refractivity contribution in [3.05, 3.63) is 53.0 Å². The van der Waals surface area contributed by atoms with Gasteiger partial charge in [0.1, 0.15) is 0 Å². The molecule has 3 heterocycles. The number of hydrogen-bond donors (Lipinski definition) is 1. The average molecular weight is 358 g/mol. The summed E-state index contributed by atoms with van der Waals surface area (Å²) in [6, 6.07) is 7.64. The highest BCUT2D eigenvalue weighted by atomic mass is 35.5. The monoisotopic (exact) mass is 357 g/mol. The van der Waals surface area contributed by atoms with Crippen molar-refractivity contribution in [2.45, 2.75) is 26.7 Å². The number of carbonyl (C=O) groups excluding carboxylic acids is 1. The number of carbonyl (C=O) groups is 1. The summed E-state index contributed by atoms with van der Waals surface area (Å²) in [6.45, 7) is 4.50. The zero-order valence-corrected chi connectivity index (χ0v) is 15.0. The lowest BCUT2D eigenvalue weighted by atomic mass is 9.99. The lowest BCUT2D eigenvalue weighted by Gasteiger charge is -2.30. The molecule has 0 aliphatic carbocycles. The maximum atomic E-state index is 13.1. The van der Waals surface area contributed by atoms with Gasteiger partial charge in [0.2, 0.25) is 0 Å². The number of aromatic nitrogens is 3. The second-order valence-corrected chi connectivity index (χ2v) is 6.22. The third-order valence-corrected chi connectivity index (χ3v) is 4.61. The molecule has 2 N–H and O–H groups in total. The SMILES string of the molecule is Cc1cc2ncc(C(=O)N3CCCc4c(N)cccc43)c(C)n2n1.Cl. The van der Waals surface area contributed by atoms with Crippen LogP contribution < -0.4 is 10.6 Å². The quantitative estimate of drug-likeness (QED) is 0.679. The molecule has 0 spiro atoms. The zero-order valence-electron chi connectivity index (χ0n) is 14.2. The number of rotatable bonds is 1. The summed E-state index contributed by atoms with van der Waals surface area (Å²) in [7, 11) is 0. The van der Waals surface area contributed by atoms with Gasteiger partial charge >= 0.3 is 0 Å². The van der Waals surface area contributed by atoms with E-state index >= 15 is 0 Å². The predicted octanol–water partition coefficient (Wildman–Crippen LogP) is 2.94. The molecule has 130 valence electrons. The van der Waals surface area contributed by atoms with E-state index < -0.39 is 0 Å². The number of benzene rings is 1. The lowest BCUT2D eigenvalue weighted by molar-refractivity contribution is 0.0983. The van der Waals surface area contributed by atoms with Crippen LogP contribution in [-0.4, -0.2) is 27.0 Å². The lowest BCUT2D eigenvalue weighted by Crippen LogP contribution is -2.36. The van der Waals surface area contributed by atoms with Crippen LogP contribution in [0.15, 0.2) is 30.5 Å². The van der Waals surface area contributed by atoms with E-state index in [-0.39, 0.29) is 18.3 Å². The molecule has 0 saturated carbocycles. The van der Waals surface area contributed by atoms with Crippen molar-refractivity contribution in [1.29, 1.82) is 0 Å². The van der Waals surface area contributed by atoms with Crippen molar-refractivity contribution in [1.82, 2.24) is 14.6 Å². The smallest absolute Gasteiger partial charge is 0.261 e. The van der Waals surface area contributed by atoms with Crippen molar-refractivity contribution < 1.29 is 4.79 Å². The summed E-state index contributed by atoms with van der Waals surface area (Å²) >= 11 is 0. The molecule has 6 nitrogen and oxygen atoms in total. The van der Waals surface area contributed by atoms with Gasteiger partial charge in [0, 0.05) is 30.2 Å². The van der Waals surface area contributed by atoms with Gasteiger partial charge in [-0.05, 0) is 44.4 Å². The molecule has 25 heavy (non-hydrogen) atoms. The van der Waals surface area contributed by atoms with E-state index in [1.807, 2.05) is 38.1 Å². The first-order chi connectivity index (χ1) is 11.6. The number of anilines is 2. The van der Waals surface area contributed by atoms with Crippen molar-refractivity contribution in [3.8, 4) is 0 Å². The Labute approximate surface area is 152 Å². The number of amides is 1. The van der Waals surface area contributed by atoms with E-state index in [2.05, 4.69) is 10.1 Å². The summed E-state index contributed by atoms with van der Waals surface area (Å²) < 4.78 is 1.73. The summed E-state index contributed by atoms with van der Waals surface area (Å²) in [5, 5.41) is 4.42. The number of fused-ring (bicyclic) bond motifs is 2. The summed E-state index contributed by atoms with van der Waals surface area (Å²) in [5.41, 5.74) is 11.8. The van der Waals surface area contributed by atoms with Crippen LogP contribution >= 0.6 is 12.4 Å². The Kier molecular flexibility index (Phi) is 4.39. The molecule has 0 fully saturated rings. The third kappa shape index (κ3) is 2.72. The second kappa shape index (κ2) is 6.37. The van der Waals surface area contributed by atoms with Gasteiger partial charge in [0.05, 0.1) is 17.0 Å². The molecule has 7 heteroatoms. The number of nitrogens with two attached hydrogens (primary N) is 1. The Morgan fingerprint density at radius 1 is 1.28 bits per heavy atom. The van der Waals surface area contributed by atoms with E-state index in [4.69, 9.17) is 5.73 Å². The third-order valence-electron chi connectivity index (χ3n) is 4.61. The largest absolute Gasteiger partial charge is 0.398 e. The van der Waals surface area contributed by atoms with Crippen LogP contribution in [0.5, 0.6) is 0 Å². The van der Waals surface area contributed by atoms with Gasteiger partial charge in [-0.25, -0.2) is 9.50 Å². The average Bonchev–Trinajstić information content (AvgIpc) is 2.96. The number of nitrogen functional groups attached to an aromatic ring is 1. The highest BCUT2D eigenvalue weighted by Crippen LogP contribution is 2.32. The topological polar surface area (TPSA) is 76.5 Å².